The third-order valence-electron chi connectivity index (χ3n) is 9.59. The van der Waals surface area contributed by atoms with Gasteiger partial charge in [-0.1, -0.05) is 36.4 Å². The highest BCUT2D eigenvalue weighted by molar-refractivity contribution is 5.94. The zero-order chi connectivity index (χ0) is 30.8. The molecule has 6 rings (SSSR count). The first-order chi connectivity index (χ1) is 21.2. The van der Waals surface area contributed by atoms with E-state index in [9.17, 15) is 14.7 Å². The number of carbonyl (C=O) groups is 2. The van der Waals surface area contributed by atoms with Gasteiger partial charge >= 0.3 is 5.97 Å². The third-order valence-corrected chi connectivity index (χ3v) is 9.59. The molecule has 2 heterocycles. The summed E-state index contributed by atoms with van der Waals surface area (Å²) in [7, 11) is 0. The summed E-state index contributed by atoms with van der Waals surface area (Å²) in [5.74, 6) is 0.232. The van der Waals surface area contributed by atoms with Crippen molar-refractivity contribution in [1.82, 2.24) is 19.6 Å². The molecule has 0 bridgehead atoms. The minimum absolute atomic E-state index is 0.0441. The van der Waals surface area contributed by atoms with Crippen molar-refractivity contribution < 1.29 is 19.8 Å². The van der Waals surface area contributed by atoms with Crippen molar-refractivity contribution >= 4 is 11.9 Å². The van der Waals surface area contributed by atoms with E-state index < -0.39 is 5.97 Å². The smallest absolute Gasteiger partial charge is 0.335 e. The predicted molar refractivity (Wildman–Crippen MR) is 171 cm³/mol. The highest BCUT2D eigenvalue weighted by atomic mass is 16.4. The van der Waals surface area contributed by atoms with Crippen LogP contribution in [0.25, 0.3) is 0 Å². The Morgan fingerprint density at radius 1 is 0.818 bits per heavy atom. The lowest BCUT2D eigenvalue weighted by atomic mass is 9.92. The summed E-state index contributed by atoms with van der Waals surface area (Å²) in [4.78, 5) is 34.4. The summed E-state index contributed by atoms with van der Waals surface area (Å²) >= 11 is 0. The topological polar surface area (TPSA) is 87.6 Å². The van der Waals surface area contributed by atoms with E-state index >= 15 is 0 Å². The van der Waals surface area contributed by atoms with Crippen LogP contribution in [0.3, 0.4) is 0 Å². The van der Waals surface area contributed by atoms with Crippen LogP contribution in [0.15, 0.2) is 72.8 Å². The molecule has 0 aromatic heterocycles. The molecule has 232 valence electrons. The average Bonchev–Trinajstić information content (AvgIpc) is 3.84. The fourth-order valence-corrected chi connectivity index (χ4v) is 6.89. The quantitative estimate of drug-likeness (QED) is 0.362. The molecule has 2 saturated heterocycles. The highest BCUT2D eigenvalue weighted by Gasteiger charge is 2.37. The summed E-state index contributed by atoms with van der Waals surface area (Å²) in [6.07, 6.45) is 2.71. The van der Waals surface area contributed by atoms with Crippen LogP contribution in [0.2, 0.25) is 0 Å². The molecule has 0 spiro atoms. The number of piperazine rings is 2. The van der Waals surface area contributed by atoms with Gasteiger partial charge in [0.05, 0.1) is 11.6 Å². The maximum atomic E-state index is 13.8. The summed E-state index contributed by atoms with van der Waals surface area (Å²) in [5, 5.41) is 19.6. The second-order valence-electron chi connectivity index (χ2n) is 13.0. The molecule has 2 aliphatic heterocycles. The Morgan fingerprint density at radius 3 is 2.16 bits per heavy atom. The van der Waals surface area contributed by atoms with Gasteiger partial charge in [-0.15, -0.1) is 0 Å². The normalized spacial score (nSPS) is 22.5. The number of carboxylic acid groups (broad SMARTS) is 1. The van der Waals surface area contributed by atoms with Gasteiger partial charge in [0, 0.05) is 70.0 Å². The number of aromatic carboxylic acids is 1. The molecular weight excluding hydrogens is 552 g/mol. The Kier molecular flexibility index (Phi) is 9.03. The number of rotatable bonds is 9. The predicted octanol–water partition coefficient (Wildman–Crippen LogP) is 4.94. The number of benzene rings is 3. The molecule has 1 aliphatic carbocycles. The van der Waals surface area contributed by atoms with Crippen molar-refractivity contribution in [3.63, 3.8) is 0 Å². The zero-order valence-corrected chi connectivity index (χ0v) is 25.8. The van der Waals surface area contributed by atoms with E-state index in [2.05, 4.69) is 46.7 Å². The summed E-state index contributed by atoms with van der Waals surface area (Å²) < 4.78 is 0. The Balaban J connectivity index is 1.16. The standard InChI is InChI=1S/C36H44N4O4/c1-25-22-40(26(2)21-39(25)24-28-9-10-28)34(31-6-4-8-33(41)20-31)30-5-3-7-32(19-30)35(42)38-17-15-37(16-18-38)23-27-11-13-29(14-12-27)36(43)44/h3-8,11-14,19-20,25-26,28,34,41H,9-10,15-18,21-24H2,1-2H3,(H,43,44)/t25-,26+,34-/m1/s1. The molecule has 3 fully saturated rings. The molecule has 44 heavy (non-hydrogen) atoms. The van der Waals surface area contributed by atoms with E-state index in [-0.39, 0.29) is 23.3 Å². The summed E-state index contributed by atoms with van der Waals surface area (Å²) in [5.41, 5.74) is 4.15. The number of phenols is 1. The monoisotopic (exact) mass is 596 g/mol. The van der Waals surface area contributed by atoms with Crippen LogP contribution in [-0.2, 0) is 6.54 Å². The van der Waals surface area contributed by atoms with Crippen LogP contribution >= 0.6 is 0 Å². The lowest BCUT2D eigenvalue weighted by Crippen LogP contribution is -2.57. The molecule has 0 radical (unpaired) electrons. The minimum atomic E-state index is -0.920. The lowest BCUT2D eigenvalue weighted by molar-refractivity contribution is 0.0215. The van der Waals surface area contributed by atoms with Crippen LogP contribution in [0.5, 0.6) is 5.75 Å². The molecule has 3 aliphatic rings. The SMILES string of the molecule is C[C@@H]1CN([C@@H](c2cccc(O)c2)c2cccc(C(=O)N3CCN(Cc4ccc(C(=O)O)cc4)CC3)c2)[C@@H](C)CN1CC1CC1. The van der Waals surface area contributed by atoms with Crippen molar-refractivity contribution in [3.05, 3.63) is 101 Å². The molecule has 3 atom stereocenters. The van der Waals surface area contributed by atoms with Gasteiger partial charge in [0.15, 0.2) is 0 Å². The van der Waals surface area contributed by atoms with E-state index in [1.807, 2.05) is 41.3 Å². The minimum Gasteiger partial charge on any atom is -0.508 e. The number of nitrogens with zero attached hydrogens (tertiary/aromatic N) is 4. The summed E-state index contributed by atoms with van der Waals surface area (Å²) in [6.45, 7) is 11.3. The number of amides is 1. The van der Waals surface area contributed by atoms with Gasteiger partial charge in [0.25, 0.3) is 5.91 Å². The van der Waals surface area contributed by atoms with Crippen LogP contribution < -0.4 is 0 Å². The largest absolute Gasteiger partial charge is 0.508 e. The van der Waals surface area contributed by atoms with E-state index in [1.165, 1.54) is 19.4 Å². The second kappa shape index (κ2) is 13.1. The maximum Gasteiger partial charge on any atom is 0.335 e. The Bertz CT molecular complexity index is 1460. The van der Waals surface area contributed by atoms with E-state index in [4.69, 9.17) is 5.11 Å². The number of carboxylic acids is 1. The van der Waals surface area contributed by atoms with Gasteiger partial charge < -0.3 is 15.1 Å². The van der Waals surface area contributed by atoms with Crippen molar-refractivity contribution in [1.29, 1.82) is 0 Å². The fraction of sp³-hybridized carbons (Fsp3) is 0.444. The second-order valence-corrected chi connectivity index (χ2v) is 13.0. The Labute approximate surface area is 260 Å². The van der Waals surface area contributed by atoms with Gasteiger partial charge in [-0.3, -0.25) is 19.5 Å². The van der Waals surface area contributed by atoms with Gasteiger partial charge in [0.2, 0.25) is 0 Å². The molecule has 0 unspecified atom stereocenters. The molecule has 8 heteroatoms. The third kappa shape index (κ3) is 6.98. The first-order valence-corrected chi connectivity index (χ1v) is 16.0. The molecular formula is C36H44N4O4. The number of phenolic OH excluding ortho intramolecular Hbond substituents is 1. The van der Waals surface area contributed by atoms with Gasteiger partial charge in [-0.25, -0.2) is 4.79 Å². The molecule has 1 saturated carbocycles. The first kappa shape index (κ1) is 30.3. The van der Waals surface area contributed by atoms with E-state index in [0.717, 1.165) is 55.3 Å². The van der Waals surface area contributed by atoms with Crippen molar-refractivity contribution in [2.24, 2.45) is 5.92 Å². The van der Waals surface area contributed by atoms with Crippen LogP contribution in [0, 0.1) is 5.92 Å². The molecule has 8 nitrogen and oxygen atoms in total. The van der Waals surface area contributed by atoms with Crippen molar-refractivity contribution in [2.45, 2.75) is 51.4 Å². The maximum absolute atomic E-state index is 13.8. The Morgan fingerprint density at radius 2 is 1.50 bits per heavy atom. The molecule has 3 aromatic rings. The van der Waals surface area contributed by atoms with Gasteiger partial charge in [-0.2, -0.15) is 0 Å². The van der Waals surface area contributed by atoms with Gasteiger partial charge in [-0.05, 0) is 85.7 Å². The van der Waals surface area contributed by atoms with Crippen LogP contribution in [0.1, 0.15) is 70.1 Å². The van der Waals surface area contributed by atoms with Gasteiger partial charge in [0.1, 0.15) is 5.75 Å². The zero-order valence-electron chi connectivity index (χ0n) is 25.8. The molecule has 2 N–H and O–H groups in total. The average molecular weight is 597 g/mol. The van der Waals surface area contributed by atoms with Crippen LogP contribution in [0.4, 0.5) is 0 Å². The van der Waals surface area contributed by atoms with Crippen molar-refractivity contribution in [2.75, 3.05) is 45.8 Å². The van der Waals surface area contributed by atoms with E-state index in [0.29, 0.717) is 30.7 Å². The van der Waals surface area contributed by atoms with E-state index in [1.54, 1.807) is 18.2 Å². The lowest BCUT2D eigenvalue weighted by Gasteiger charge is -2.48. The van der Waals surface area contributed by atoms with Crippen LogP contribution in [-0.4, -0.2) is 99.6 Å². The first-order valence-electron chi connectivity index (χ1n) is 16.0. The Hall–Kier alpha value is -3.72. The fourth-order valence-electron chi connectivity index (χ4n) is 6.89. The number of carbonyl (C=O) groups excluding carboxylic acids is 1. The molecule has 3 aromatic carbocycles. The number of aromatic hydroxyl groups is 1. The highest BCUT2D eigenvalue weighted by Crippen LogP contribution is 2.37. The number of hydrogen-bond donors (Lipinski definition) is 2. The number of hydrogen-bond acceptors (Lipinski definition) is 6. The van der Waals surface area contributed by atoms with Crippen molar-refractivity contribution in [3.8, 4) is 5.75 Å². The summed E-state index contributed by atoms with van der Waals surface area (Å²) in [6, 6.07) is 23.4. The molecule has 1 amide bonds.